The van der Waals surface area contributed by atoms with Gasteiger partial charge < -0.3 is 0 Å². The van der Waals surface area contributed by atoms with Crippen molar-refractivity contribution in [3.63, 3.8) is 0 Å². The molecule has 0 bridgehead atoms. The van der Waals surface area contributed by atoms with Crippen molar-refractivity contribution >= 4 is 0 Å². The van der Waals surface area contributed by atoms with E-state index < -0.39 is 0 Å². The van der Waals surface area contributed by atoms with E-state index in [1.807, 2.05) is 18.2 Å². The average Bonchev–Trinajstić information content (AvgIpc) is 2.13. The van der Waals surface area contributed by atoms with Gasteiger partial charge in [-0.05, 0) is 6.92 Å². The summed E-state index contributed by atoms with van der Waals surface area (Å²) in [5, 5.41) is 0. The summed E-state index contributed by atoms with van der Waals surface area (Å²) in [7, 11) is 0. The maximum absolute atomic E-state index is 5.26. The van der Waals surface area contributed by atoms with Gasteiger partial charge >= 0.3 is 0 Å². The van der Waals surface area contributed by atoms with Gasteiger partial charge in [-0.2, -0.15) is 0 Å². The molecule has 0 heteroatoms. The average molecular weight is 130 g/mol. The molecule has 0 aromatic heterocycles. The van der Waals surface area contributed by atoms with Crippen LogP contribution in [0.15, 0.2) is 35.5 Å². The van der Waals surface area contributed by atoms with Gasteiger partial charge in [0.05, 0.1) is 0 Å². The quantitative estimate of drug-likeness (QED) is 0.442. The van der Waals surface area contributed by atoms with Crippen molar-refractivity contribution in [1.82, 2.24) is 0 Å². The Bertz CT molecular complexity index is 244. The van der Waals surface area contributed by atoms with Crippen LogP contribution in [0.2, 0.25) is 0 Å². The molecule has 0 unspecified atom stereocenters. The molecule has 50 valence electrons. The van der Waals surface area contributed by atoms with E-state index in [9.17, 15) is 0 Å². The third-order valence-electron chi connectivity index (χ3n) is 1.44. The summed E-state index contributed by atoms with van der Waals surface area (Å²) >= 11 is 0. The molecular formula is C10H10. The standard InChI is InChI=1S/C10H10/c1-3-10-7-5-4-6-9(2)8-10/h1,4-7H,8H2,2H3. The SMILES string of the molecule is C#CC1=CC=CC=C(C)C1. The molecule has 0 aliphatic heterocycles. The Morgan fingerprint density at radius 1 is 1.40 bits per heavy atom. The Labute approximate surface area is 61.9 Å². The van der Waals surface area contributed by atoms with Gasteiger partial charge in [-0.3, -0.25) is 0 Å². The monoisotopic (exact) mass is 130 g/mol. The van der Waals surface area contributed by atoms with E-state index in [1.165, 1.54) is 5.57 Å². The summed E-state index contributed by atoms with van der Waals surface area (Å²) in [4.78, 5) is 0. The highest BCUT2D eigenvalue weighted by atomic mass is 14.0. The molecular weight excluding hydrogens is 120 g/mol. The van der Waals surface area contributed by atoms with Crippen LogP contribution < -0.4 is 0 Å². The Hall–Kier alpha value is -1.22. The van der Waals surface area contributed by atoms with Crippen LogP contribution in [0.25, 0.3) is 0 Å². The van der Waals surface area contributed by atoms with Crippen molar-refractivity contribution in [3.8, 4) is 12.3 Å². The summed E-state index contributed by atoms with van der Waals surface area (Å²) in [6.45, 7) is 2.08. The van der Waals surface area contributed by atoms with Crippen molar-refractivity contribution in [2.45, 2.75) is 13.3 Å². The highest BCUT2D eigenvalue weighted by molar-refractivity contribution is 5.37. The maximum atomic E-state index is 5.26. The normalized spacial score (nSPS) is 16.8. The van der Waals surface area contributed by atoms with Crippen molar-refractivity contribution < 1.29 is 0 Å². The fourth-order valence-electron chi connectivity index (χ4n) is 0.909. The Morgan fingerprint density at radius 2 is 2.10 bits per heavy atom. The summed E-state index contributed by atoms with van der Waals surface area (Å²) < 4.78 is 0. The molecule has 1 rings (SSSR count). The zero-order valence-electron chi connectivity index (χ0n) is 6.09. The number of rotatable bonds is 0. The van der Waals surface area contributed by atoms with Gasteiger partial charge in [-0.1, -0.05) is 35.8 Å². The van der Waals surface area contributed by atoms with Gasteiger partial charge in [0.1, 0.15) is 0 Å². The molecule has 0 fully saturated rings. The van der Waals surface area contributed by atoms with Crippen LogP contribution in [0.5, 0.6) is 0 Å². The molecule has 0 atom stereocenters. The second kappa shape index (κ2) is 3.08. The highest BCUT2D eigenvalue weighted by Gasteiger charge is 1.94. The Balaban J connectivity index is 2.84. The predicted molar refractivity (Wildman–Crippen MR) is 44.4 cm³/mol. The lowest BCUT2D eigenvalue weighted by molar-refractivity contribution is 1.17. The number of hydrogen-bond donors (Lipinski definition) is 0. The van der Waals surface area contributed by atoms with Gasteiger partial charge in [-0.15, -0.1) is 6.42 Å². The maximum Gasteiger partial charge on any atom is 0.00580 e. The zero-order chi connectivity index (χ0) is 7.40. The third-order valence-corrected chi connectivity index (χ3v) is 1.44. The zero-order valence-corrected chi connectivity index (χ0v) is 6.09. The first-order valence-electron chi connectivity index (χ1n) is 3.32. The molecule has 0 saturated heterocycles. The highest BCUT2D eigenvalue weighted by Crippen LogP contribution is 2.12. The molecule has 0 amide bonds. The van der Waals surface area contributed by atoms with Crippen molar-refractivity contribution in [3.05, 3.63) is 35.5 Å². The topological polar surface area (TPSA) is 0 Å². The molecule has 10 heavy (non-hydrogen) atoms. The van der Waals surface area contributed by atoms with E-state index in [2.05, 4.69) is 18.9 Å². The molecule has 1 aliphatic carbocycles. The second-order valence-corrected chi connectivity index (χ2v) is 2.41. The van der Waals surface area contributed by atoms with Gasteiger partial charge in [-0.25, -0.2) is 0 Å². The molecule has 0 saturated carbocycles. The minimum Gasteiger partial charge on any atom is -0.115 e. The Kier molecular flexibility index (Phi) is 2.12. The first-order valence-corrected chi connectivity index (χ1v) is 3.32. The van der Waals surface area contributed by atoms with Crippen LogP contribution in [-0.4, -0.2) is 0 Å². The molecule has 0 nitrogen and oxygen atoms in total. The summed E-state index contributed by atoms with van der Waals surface area (Å²) in [5.41, 5.74) is 2.38. The lowest BCUT2D eigenvalue weighted by Crippen LogP contribution is -1.78. The Morgan fingerprint density at radius 3 is 2.80 bits per heavy atom. The van der Waals surface area contributed by atoms with Gasteiger partial charge in [0.15, 0.2) is 0 Å². The third kappa shape index (κ3) is 1.63. The largest absolute Gasteiger partial charge is 0.115 e. The van der Waals surface area contributed by atoms with E-state index in [4.69, 9.17) is 6.42 Å². The van der Waals surface area contributed by atoms with Crippen molar-refractivity contribution in [1.29, 1.82) is 0 Å². The van der Waals surface area contributed by atoms with Crippen LogP contribution in [0.4, 0.5) is 0 Å². The first-order chi connectivity index (χ1) is 4.83. The van der Waals surface area contributed by atoms with Crippen LogP contribution in [0.1, 0.15) is 13.3 Å². The van der Waals surface area contributed by atoms with E-state index >= 15 is 0 Å². The summed E-state index contributed by atoms with van der Waals surface area (Å²) in [5.74, 6) is 2.64. The molecule has 0 heterocycles. The number of terminal acetylenes is 1. The minimum atomic E-state index is 0.920. The lowest BCUT2D eigenvalue weighted by atomic mass is 10.1. The van der Waals surface area contributed by atoms with Crippen molar-refractivity contribution in [2.24, 2.45) is 0 Å². The lowest BCUT2D eigenvalue weighted by Gasteiger charge is -1.95. The molecule has 0 radical (unpaired) electrons. The molecule has 0 aromatic carbocycles. The van der Waals surface area contributed by atoms with Crippen LogP contribution in [0.3, 0.4) is 0 Å². The molecule has 1 aliphatic rings. The van der Waals surface area contributed by atoms with Gasteiger partial charge in [0.2, 0.25) is 0 Å². The van der Waals surface area contributed by atoms with E-state index in [1.54, 1.807) is 0 Å². The fourth-order valence-corrected chi connectivity index (χ4v) is 0.909. The van der Waals surface area contributed by atoms with Gasteiger partial charge in [0.25, 0.3) is 0 Å². The van der Waals surface area contributed by atoms with E-state index in [0.29, 0.717) is 0 Å². The molecule has 0 N–H and O–H groups in total. The fraction of sp³-hybridized carbons (Fsp3) is 0.200. The van der Waals surface area contributed by atoms with Crippen LogP contribution >= 0.6 is 0 Å². The molecule has 0 aromatic rings. The van der Waals surface area contributed by atoms with Crippen LogP contribution in [-0.2, 0) is 0 Å². The first kappa shape index (κ1) is 6.89. The number of allylic oxidation sites excluding steroid dienone is 6. The summed E-state index contributed by atoms with van der Waals surface area (Å²) in [6, 6.07) is 0. The van der Waals surface area contributed by atoms with E-state index in [0.717, 1.165) is 12.0 Å². The van der Waals surface area contributed by atoms with Crippen molar-refractivity contribution in [2.75, 3.05) is 0 Å². The van der Waals surface area contributed by atoms with Crippen LogP contribution in [0, 0.1) is 12.3 Å². The summed E-state index contributed by atoms with van der Waals surface area (Å²) in [6.07, 6.45) is 14.2. The smallest absolute Gasteiger partial charge is 0.00580 e. The number of hydrogen-bond acceptors (Lipinski definition) is 0. The minimum absolute atomic E-state index is 0.920. The van der Waals surface area contributed by atoms with E-state index in [-0.39, 0.29) is 0 Å². The molecule has 0 spiro atoms. The van der Waals surface area contributed by atoms with Gasteiger partial charge in [0, 0.05) is 12.0 Å². The predicted octanol–water partition coefficient (Wildman–Crippen LogP) is 2.45. The second-order valence-electron chi connectivity index (χ2n) is 2.41.